The summed E-state index contributed by atoms with van der Waals surface area (Å²) < 4.78 is 0. The van der Waals surface area contributed by atoms with E-state index in [4.69, 9.17) is 0 Å². The molecule has 3 rings (SSSR count). The lowest BCUT2D eigenvalue weighted by Gasteiger charge is -2.24. The first-order valence-electron chi connectivity index (χ1n) is 7.75. The molecule has 114 valence electrons. The van der Waals surface area contributed by atoms with Crippen molar-refractivity contribution in [1.29, 1.82) is 0 Å². The normalized spacial score (nSPS) is 16.5. The number of benzene rings is 2. The van der Waals surface area contributed by atoms with Gasteiger partial charge in [0.25, 0.3) is 0 Å². The van der Waals surface area contributed by atoms with Gasteiger partial charge in [0, 0.05) is 17.4 Å². The Kier molecular flexibility index (Phi) is 3.88. The number of fused-ring (bicyclic) bond motifs is 1. The average molecular weight is 294 g/mol. The van der Waals surface area contributed by atoms with Crippen molar-refractivity contribution < 1.29 is 4.79 Å². The molecule has 2 aromatic rings. The number of anilines is 2. The number of aryl methyl sites for hydroxylation is 2. The van der Waals surface area contributed by atoms with Crippen molar-refractivity contribution in [2.75, 3.05) is 16.8 Å². The molecule has 22 heavy (non-hydrogen) atoms. The van der Waals surface area contributed by atoms with E-state index >= 15 is 0 Å². The summed E-state index contributed by atoms with van der Waals surface area (Å²) in [5.74, 6) is 0.0357. The van der Waals surface area contributed by atoms with Crippen LogP contribution < -0.4 is 10.2 Å². The van der Waals surface area contributed by atoms with E-state index < -0.39 is 0 Å². The first-order chi connectivity index (χ1) is 10.5. The van der Waals surface area contributed by atoms with Crippen molar-refractivity contribution in [1.82, 2.24) is 0 Å². The van der Waals surface area contributed by atoms with Gasteiger partial charge in [0.05, 0.1) is 6.54 Å². The maximum absolute atomic E-state index is 12.4. The van der Waals surface area contributed by atoms with Gasteiger partial charge in [-0.2, -0.15) is 0 Å². The van der Waals surface area contributed by atoms with E-state index in [1.807, 2.05) is 32.0 Å². The predicted molar refractivity (Wildman–Crippen MR) is 91.5 cm³/mol. The Labute approximate surface area is 132 Å². The Bertz CT molecular complexity index is 688. The second-order valence-electron chi connectivity index (χ2n) is 6.23. The summed E-state index contributed by atoms with van der Waals surface area (Å²) in [6, 6.07) is 14.8. The highest BCUT2D eigenvalue weighted by Gasteiger charge is 2.26. The number of nitrogens with one attached hydrogen (secondary N) is 1. The van der Waals surface area contributed by atoms with E-state index in [1.54, 1.807) is 0 Å². The number of nitrogens with zero attached hydrogens (tertiary/aromatic N) is 1. The second kappa shape index (κ2) is 5.84. The van der Waals surface area contributed by atoms with Crippen LogP contribution in [0.1, 0.15) is 23.6 Å². The predicted octanol–water partition coefficient (Wildman–Crippen LogP) is 3.69. The number of hydrogen-bond donors (Lipinski definition) is 1. The molecule has 0 unspecified atom stereocenters. The number of rotatable bonds is 3. The van der Waals surface area contributed by atoms with Gasteiger partial charge in [-0.1, -0.05) is 24.3 Å². The molecule has 0 saturated heterocycles. The van der Waals surface area contributed by atoms with Crippen LogP contribution in [0.25, 0.3) is 0 Å². The van der Waals surface area contributed by atoms with Crippen molar-refractivity contribution in [3.63, 3.8) is 0 Å². The lowest BCUT2D eigenvalue weighted by Crippen LogP contribution is -2.37. The van der Waals surface area contributed by atoms with Gasteiger partial charge in [-0.15, -0.1) is 0 Å². The molecule has 0 radical (unpaired) electrons. The average Bonchev–Trinajstić information content (AvgIpc) is 2.74. The highest BCUT2D eigenvalue weighted by atomic mass is 16.2. The maximum Gasteiger partial charge on any atom is 0.243 e. The second-order valence-corrected chi connectivity index (χ2v) is 6.23. The standard InChI is InChI=1S/C19H22N2O/c1-13-8-14(2)10-17(9-13)20-19(22)12-21-15(3)11-16-6-4-5-7-18(16)21/h4-10,15H,11-12H2,1-3H3,(H,20,22)/t15-/m1/s1. The van der Waals surface area contributed by atoms with Crippen LogP contribution in [0.2, 0.25) is 0 Å². The summed E-state index contributed by atoms with van der Waals surface area (Å²) in [6.45, 7) is 6.65. The Morgan fingerprint density at radius 1 is 1.18 bits per heavy atom. The molecule has 1 amide bonds. The molecule has 1 aliphatic rings. The topological polar surface area (TPSA) is 32.3 Å². The van der Waals surface area contributed by atoms with Crippen LogP contribution in [0.3, 0.4) is 0 Å². The number of carbonyl (C=O) groups is 1. The minimum Gasteiger partial charge on any atom is -0.359 e. The summed E-state index contributed by atoms with van der Waals surface area (Å²) in [5, 5.41) is 3.02. The van der Waals surface area contributed by atoms with E-state index in [-0.39, 0.29) is 5.91 Å². The third-order valence-corrected chi connectivity index (χ3v) is 4.17. The Hall–Kier alpha value is -2.29. The van der Waals surface area contributed by atoms with Gasteiger partial charge in [-0.3, -0.25) is 4.79 Å². The Morgan fingerprint density at radius 2 is 1.86 bits per heavy atom. The summed E-state index contributed by atoms with van der Waals surface area (Å²) in [7, 11) is 0. The monoisotopic (exact) mass is 294 g/mol. The van der Waals surface area contributed by atoms with E-state index in [2.05, 4.69) is 41.4 Å². The summed E-state index contributed by atoms with van der Waals surface area (Å²) in [6.07, 6.45) is 1.01. The number of hydrogen-bond acceptors (Lipinski definition) is 2. The molecule has 0 saturated carbocycles. The van der Waals surface area contributed by atoms with Crippen LogP contribution in [-0.2, 0) is 11.2 Å². The molecule has 1 atom stereocenters. The molecule has 0 spiro atoms. The third-order valence-electron chi connectivity index (χ3n) is 4.17. The van der Waals surface area contributed by atoms with E-state index in [0.717, 1.165) is 23.2 Å². The number of carbonyl (C=O) groups excluding carboxylic acids is 1. The number of amides is 1. The van der Waals surface area contributed by atoms with Crippen LogP contribution in [0.15, 0.2) is 42.5 Å². The van der Waals surface area contributed by atoms with Crippen molar-refractivity contribution in [3.8, 4) is 0 Å². The fourth-order valence-electron chi connectivity index (χ4n) is 3.27. The number of para-hydroxylation sites is 1. The van der Waals surface area contributed by atoms with Crippen LogP contribution in [0.5, 0.6) is 0 Å². The molecular formula is C19H22N2O. The molecule has 1 N–H and O–H groups in total. The van der Waals surface area contributed by atoms with Gasteiger partial charge in [0.1, 0.15) is 0 Å². The molecule has 3 nitrogen and oxygen atoms in total. The molecule has 0 fully saturated rings. The minimum atomic E-state index is 0.0357. The van der Waals surface area contributed by atoms with Crippen LogP contribution in [0.4, 0.5) is 11.4 Å². The molecule has 2 aromatic carbocycles. The van der Waals surface area contributed by atoms with Crippen molar-refractivity contribution in [2.24, 2.45) is 0 Å². The Morgan fingerprint density at radius 3 is 2.59 bits per heavy atom. The van der Waals surface area contributed by atoms with Crippen molar-refractivity contribution in [2.45, 2.75) is 33.2 Å². The largest absolute Gasteiger partial charge is 0.359 e. The third kappa shape index (κ3) is 2.98. The SMILES string of the molecule is Cc1cc(C)cc(NC(=O)CN2c3ccccc3C[C@H]2C)c1. The highest BCUT2D eigenvalue weighted by molar-refractivity contribution is 5.94. The molecule has 3 heteroatoms. The van der Waals surface area contributed by atoms with Crippen LogP contribution in [-0.4, -0.2) is 18.5 Å². The zero-order valence-corrected chi connectivity index (χ0v) is 13.4. The van der Waals surface area contributed by atoms with Crippen LogP contribution in [0, 0.1) is 13.8 Å². The summed E-state index contributed by atoms with van der Waals surface area (Å²) in [4.78, 5) is 14.6. The molecule has 1 aliphatic heterocycles. The molecule has 0 aliphatic carbocycles. The van der Waals surface area contributed by atoms with Gasteiger partial charge < -0.3 is 10.2 Å². The lowest BCUT2D eigenvalue weighted by atomic mass is 10.1. The zero-order valence-electron chi connectivity index (χ0n) is 13.4. The first kappa shape index (κ1) is 14.6. The van der Waals surface area contributed by atoms with Gasteiger partial charge in [-0.25, -0.2) is 0 Å². The molecular weight excluding hydrogens is 272 g/mol. The quantitative estimate of drug-likeness (QED) is 0.936. The van der Waals surface area contributed by atoms with Gasteiger partial charge in [-0.05, 0) is 62.1 Å². The van der Waals surface area contributed by atoms with Gasteiger partial charge >= 0.3 is 0 Å². The van der Waals surface area contributed by atoms with Crippen molar-refractivity contribution >= 4 is 17.3 Å². The fraction of sp³-hybridized carbons (Fsp3) is 0.316. The first-order valence-corrected chi connectivity index (χ1v) is 7.75. The summed E-state index contributed by atoms with van der Waals surface area (Å²) >= 11 is 0. The van der Waals surface area contributed by atoms with E-state index in [0.29, 0.717) is 12.6 Å². The fourth-order valence-corrected chi connectivity index (χ4v) is 3.27. The summed E-state index contributed by atoms with van der Waals surface area (Å²) in [5.41, 5.74) is 5.72. The lowest BCUT2D eigenvalue weighted by molar-refractivity contribution is -0.115. The Balaban J connectivity index is 1.72. The minimum absolute atomic E-state index is 0.0357. The van der Waals surface area contributed by atoms with E-state index in [9.17, 15) is 4.79 Å². The maximum atomic E-state index is 12.4. The van der Waals surface area contributed by atoms with E-state index in [1.165, 1.54) is 11.3 Å². The smallest absolute Gasteiger partial charge is 0.243 e. The molecule has 1 heterocycles. The van der Waals surface area contributed by atoms with Crippen LogP contribution >= 0.6 is 0 Å². The van der Waals surface area contributed by atoms with Gasteiger partial charge in [0.15, 0.2) is 0 Å². The highest BCUT2D eigenvalue weighted by Crippen LogP contribution is 2.31. The zero-order chi connectivity index (χ0) is 15.7. The molecule has 0 aromatic heterocycles. The van der Waals surface area contributed by atoms with Crippen molar-refractivity contribution in [3.05, 3.63) is 59.2 Å². The van der Waals surface area contributed by atoms with Gasteiger partial charge in [0.2, 0.25) is 5.91 Å². The molecule has 0 bridgehead atoms.